The summed E-state index contributed by atoms with van der Waals surface area (Å²) in [6.45, 7) is 8.47. The molecule has 98 valence electrons. The molecule has 0 aliphatic rings. The lowest BCUT2D eigenvalue weighted by Gasteiger charge is -2.18. The zero-order valence-electron chi connectivity index (χ0n) is 11.7. The fraction of sp³-hybridized carbons (Fsp3) is 0.500. The molecule has 2 heteroatoms. The molecule has 0 heterocycles. The molecule has 0 aromatic heterocycles. The highest BCUT2D eigenvalue weighted by atomic mass is 32.1. The number of benzene rings is 1. The van der Waals surface area contributed by atoms with E-state index in [1.807, 2.05) is 31.2 Å². The van der Waals surface area contributed by atoms with Crippen molar-refractivity contribution >= 4 is 22.9 Å². The van der Waals surface area contributed by atoms with Gasteiger partial charge >= 0.3 is 0 Å². The molecule has 0 radical (unpaired) electrons. The van der Waals surface area contributed by atoms with E-state index in [0.29, 0.717) is 12.8 Å². The summed E-state index contributed by atoms with van der Waals surface area (Å²) < 4.78 is 0. The maximum atomic E-state index is 11.9. The highest BCUT2D eigenvalue weighted by molar-refractivity contribution is 7.80. The molecule has 1 rings (SSSR count). The summed E-state index contributed by atoms with van der Waals surface area (Å²) in [4.78, 5) is 12.8. The Morgan fingerprint density at radius 1 is 1.17 bits per heavy atom. The Balaban J connectivity index is 2.47. The van der Waals surface area contributed by atoms with Crippen molar-refractivity contribution in [1.82, 2.24) is 0 Å². The van der Waals surface area contributed by atoms with Crippen molar-refractivity contribution in [2.45, 2.75) is 47.0 Å². The summed E-state index contributed by atoms with van der Waals surface area (Å²) in [7, 11) is 0. The molecule has 0 saturated carbocycles. The average Bonchev–Trinajstić information content (AvgIpc) is 2.18. The Morgan fingerprint density at radius 3 is 2.22 bits per heavy atom. The van der Waals surface area contributed by atoms with Gasteiger partial charge in [0.05, 0.1) is 0 Å². The predicted molar refractivity (Wildman–Crippen MR) is 81.2 cm³/mol. The first-order chi connectivity index (χ1) is 8.26. The number of carbonyl (C=O) groups excluding carboxylic acids is 1. The highest BCUT2D eigenvalue weighted by Gasteiger charge is 2.15. The van der Waals surface area contributed by atoms with Gasteiger partial charge in [-0.15, -0.1) is 0 Å². The molecule has 0 amide bonds. The van der Waals surface area contributed by atoms with E-state index in [-0.39, 0.29) is 11.2 Å². The zero-order chi connectivity index (χ0) is 13.8. The normalized spacial score (nSPS) is 11.3. The second-order valence-corrected chi connectivity index (χ2v) is 6.73. The molecule has 0 N–H and O–H groups in total. The van der Waals surface area contributed by atoms with Gasteiger partial charge in [-0.05, 0) is 24.3 Å². The second-order valence-electron chi connectivity index (χ2n) is 6.15. The maximum absolute atomic E-state index is 11.9. The number of hydrogen-bond acceptors (Lipinski definition) is 2. The van der Waals surface area contributed by atoms with Crippen molar-refractivity contribution in [3.05, 3.63) is 35.4 Å². The van der Waals surface area contributed by atoms with Crippen molar-refractivity contribution in [1.29, 1.82) is 0 Å². The molecular formula is C16H22OS. The second kappa shape index (κ2) is 6.24. The summed E-state index contributed by atoms with van der Waals surface area (Å²) in [5, 5.41) is 0. The van der Waals surface area contributed by atoms with Crippen molar-refractivity contribution in [3.63, 3.8) is 0 Å². The van der Waals surface area contributed by atoms with Crippen LogP contribution < -0.4 is 0 Å². The van der Waals surface area contributed by atoms with Crippen LogP contribution in [0.15, 0.2) is 24.3 Å². The quantitative estimate of drug-likeness (QED) is 0.736. The third-order valence-corrected chi connectivity index (χ3v) is 2.93. The Bertz CT molecular complexity index is 423. The fourth-order valence-corrected chi connectivity index (χ4v) is 2.46. The minimum Gasteiger partial charge on any atom is -0.299 e. The van der Waals surface area contributed by atoms with Crippen molar-refractivity contribution < 1.29 is 4.79 Å². The molecule has 1 nitrogen and oxygen atoms in total. The van der Waals surface area contributed by atoms with E-state index in [1.54, 1.807) is 0 Å². The van der Waals surface area contributed by atoms with Crippen LogP contribution in [-0.2, 0) is 11.2 Å². The molecule has 0 fully saturated rings. The van der Waals surface area contributed by atoms with Gasteiger partial charge in [-0.3, -0.25) is 4.79 Å². The SMILES string of the molecule is Cc1ccc(CC(=O)CC(=S)CC(C)(C)C)cc1. The molecule has 1 aromatic carbocycles. The van der Waals surface area contributed by atoms with Crippen LogP contribution in [0.25, 0.3) is 0 Å². The summed E-state index contributed by atoms with van der Waals surface area (Å²) in [5.41, 5.74) is 2.46. The molecule has 18 heavy (non-hydrogen) atoms. The van der Waals surface area contributed by atoms with E-state index in [0.717, 1.165) is 16.8 Å². The van der Waals surface area contributed by atoms with Gasteiger partial charge in [0.25, 0.3) is 0 Å². The Kier molecular flexibility index (Phi) is 5.21. The fourth-order valence-electron chi connectivity index (χ4n) is 1.87. The highest BCUT2D eigenvalue weighted by Crippen LogP contribution is 2.20. The van der Waals surface area contributed by atoms with E-state index in [1.165, 1.54) is 5.56 Å². The number of rotatable bonds is 5. The molecule has 0 aliphatic heterocycles. The summed E-state index contributed by atoms with van der Waals surface area (Å²) in [6, 6.07) is 8.10. The molecule has 0 bridgehead atoms. The van der Waals surface area contributed by atoms with Gasteiger partial charge in [0.1, 0.15) is 5.78 Å². The van der Waals surface area contributed by atoms with Crippen molar-refractivity contribution in [2.24, 2.45) is 5.41 Å². The lowest BCUT2D eigenvalue weighted by atomic mass is 9.89. The minimum atomic E-state index is 0.168. The van der Waals surface area contributed by atoms with Gasteiger partial charge in [-0.2, -0.15) is 0 Å². The zero-order valence-corrected chi connectivity index (χ0v) is 12.6. The molecule has 0 atom stereocenters. The lowest BCUT2D eigenvalue weighted by molar-refractivity contribution is -0.117. The van der Waals surface area contributed by atoms with Crippen LogP contribution in [0, 0.1) is 12.3 Å². The van der Waals surface area contributed by atoms with E-state index >= 15 is 0 Å². The van der Waals surface area contributed by atoms with E-state index in [4.69, 9.17) is 12.2 Å². The maximum Gasteiger partial charge on any atom is 0.142 e. The topological polar surface area (TPSA) is 17.1 Å². The number of aryl methyl sites for hydroxylation is 1. The number of carbonyl (C=O) groups is 1. The summed E-state index contributed by atoms with van der Waals surface area (Å²) in [5.74, 6) is 0.216. The van der Waals surface area contributed by atoms with Gasteiger partial charge in [-0.1, -0.05) is 62.8 Å². The van der Waals surface area contributed by atoms with E-state index in [9.17, 15) is 4.79 Å². The van der Waals surface area contributed by atoms with Crippen LogP contribution in [0.2, 0.25) is 0 Å². The van der Waals surface area contributed by atoms with Crippen LogP contribution in [0.4, 0.5) is 0 Å². The standard InChI is InChI=1S/C16H22OS/c1-12-5-7-13(8-6-12)9-14(17)10-15(18)11-16(2,3)4/h5-8H,9-11H2,1-4H3. The Hall–Kier alpha value is -1.02. The lowest BCUT2D eigenvalue weighted by Crippen LogP contribution is -2.15. The van der Waals surface area contributed by atoms with Crippen LogP contribution in [0.3, 0.4) is 0 Å². The van der Waals surface area contributed by atoms with Gasteiger partial charge in [-0.25, -0.2) is 0 Å². The smallest absolute Gasteiger partial charge is 0.142 e. The molecule has 1 aromatic rings. The van der Waals surface area contributed by atoms with Crippen molar-refractivity contribution in [3.8, 4) is 0 Å². The monoisotopic (exact) mass is 262 g/mol. The first-order valence-electron chi connectivity index (χ1n) is 6.35. The number of thiocarbonyl (C=S) groups is 1. The number of hydrogen-bond donors (Lipinski definition) is 0. The molecule has 0 unspecified atom stereocenters. The molecule has 0 spiro atoms. The number of ketones is 1. The van der Waals surface area contributed by atoms with Gasteiger partial charge in [0.15, 0.2) is 0 Å². The minimum absolute atomic E-state index is 0.168. The van der Waals surface area contributed by atoms with Gasteiger partial charge in [0.2, 0.25) is 0 Å². The van der Waals surface area contributed by atoms with E-state index in [2.05, 4.69) is 20.8 Å². The first kappa shape index (κ1) is 15.0. The Morgan fingerprint density at radius 2 is 1.72 bits per heavy atom. The van der Waals surface area contributed by atoms with Crippen LogP contribution in [0.5, 0.6) is 0 Å². The first-order valence-corrected chi connectivity index (χ1v) is 6.76. The molecular weight excluding hydrogens is 240 g/mol. The van der Waals surface area contributed by atoms with Gasteiger partial charge < -0.3 is 0 Å². The third-order valence-electron chi connectivity index (χ3n) is 2.64. The molecule has 0 saturated heterocycles. The van der Waals surface area contributed by atoms with Crippen molar-refractivity contribution in [2.75, 3.05) is 0 Å². The summed E-state index contributed by atoms with van der Waals surface area (Å²) in [6.07, 6.45) is 1.76. The van der Waals surface area contributed by atoms with Crippen LogP contribution in [0.1, 0.15) is 44.7 Å². The average molecular weight is 262 g/mol. The van der Waals surface area contributed by atoms with Gasteiger partial charge in [0, 0.05) is 17.7 Å². The Labute approximate surface area is 116 Å². The van der Waals surface area contributed by atoms with Crippen LogP contribution >= 0.6 is 12.2 Å². The van der Waals surface area contributed by atoms with E-state index < -0.39 is 0 Å². The predicted octanol–water partition coefficient (Wildman–Crippen LogP) is 4.30. The molecule has 0 aliphatic carbocycles. The summed E-state index contributed by atoms with van der Waals surface area (Å²) >= 11 is 5.29. The largest absolute Gasteiger partial charge is 0.299 e. The third kappa shape index (κ3) is 6.06. The van der Waals surface area contributed by atoms with Crippen LogP contribution in [-0.4, -0.2) is 10.6 Å². The number of Topliss-reactive ketones (excluding diaryl/α,β-unsaturated/α-hetero) is 1.